The van der Waals surface area contributed by atoms with Gasteiger partial charge in [0.25, 0.3) is 11.8 Å². The number of hydrogen-bond donors (Lipinski definition) is 2. The van der Waals surface area contributed by atoms with Crippen molar-refractivity contribution in [2.75, 3.05) is 6.61 Å². The molecule has 2 rings (SSSR count). The van der Waals surface area contributed by atoms with E-state index in [9.17, 15) is 9.59 Å². The molecule has 2 amide bonds. The molecule has 27 heavy (non-hydrogen) atoms. The minimum Gasteiger partial charge on any atom is -0.483 e. The Bertz CT molecular complexity index is 813. The van der Waals surface area contributed by atoms with Crippen molar-refractivity contribution in [1.82, 2.24) is 10.9 Å². The van der Waals surface area contributed by atoms with Gasteiger partial charge in [-0.25, -0.2) is 0 Å². The molecule has 0 heterocycles. The molecule has 0 saturated heterocycles. The molecule has 0 bridgehead atoms. The van der Waals surface area contributed by atoms with Gasteiger partial charge in [0.05, 0.1) is 0 Å². The van der Waals surface area contributed by atoms with Crippen LogP contribution < -0.4 is 20.3 Å². The SMILES string of the molecule is Cc1cccc(OCC(=O)NNC(=O)C(C)Oc2c(C)cccc2C)c1C. The van der Waals surface area contributed by atoms with Crippen molar-refractivity contribution in [1.29, 1.82) is 0 Å². The topological polar surface area (TPSA) is 76.7 Å². The van der Waals surface area contributed by atoms with Crippen LogP contribution in [0.1, 0.15) is 29.2 Å². The van der Waals surface area contributed by atoms with E-state index in [4.69, 9.17) is 9.47 Å². The summed E-state index contributed by atoms with van der Waals surface area (Å²) in [6, 6.07) is 11.4. The number of para-hydroxylation sites is 1. The summed E-state index contributed by atoms with van der Waals surface area (Å²) in [5.41, 5.74) is 8.65. The lowest BCUT2D eigenvalue weighted by Gasteiger charge is -2.18. The third-order valence-corrected chi connectivity index (χ3v) is 4.31. The van der Waals surface area contributed by atoms with E-state index in [2.05, 4.69) is 10.9 Å². The third-order valence-electron chi connectivity index (χ3n) is 4.31. The first-order chi connectivity index (χ1) is 12.8. The second kappa shape index (κ2) is 9.07. The van der Waals surface area contributed by atoms with Crippen molar-refractivity contribution in [3.63, 3.8) is 0 Å². The lowest BCUT2D eigenvalue weighted by atomic mass is 10.1. The van der Waals surface area contributed by atoms with Gasteiger partial charge in [0.2, 0.25) is 0 Å². The maximum atomic E-state index is 12.2. The van der Waals surface area contributed by atoms with Gasteiger partial charge in [0, 0.05) is 0 Å². The Morgan fingerprint density at radius 3 is 2.19 bits per heavy atom. The molecule has 6 heteroatoms. The molecular formula is C21H26N2O4. The Kier molecular flexibility index (Phi) is 6.82. The molecule has 0 saturated carbocycles. The van der Waals surface area contributed by atoms with E-state index in [0.29, 0.717) is 11.5 Å². The lowest BCUT2D eigenvalue weighted by Crippen LogP contribution is -2.48. The zero-order valence-corrected chi connectivity index (χ0v) is 16.4. The molecule has 0 radical (unpaired) electrons. The summed E-state index contributed by atoms with van der Waals surface area (Å²) in [5, 5.41) is 0. The summed E-state index contributed by atoms with van der Waals surface area (Å²) in [5.74, 6) is 0.411. The highest BCUT2D eigenvalue weighted by Crippen LogP contribution is 2.23. The fourth-order valence-electron chi connectivity index (χ4n) is 2.51. The number of benzene rings is 2. The number of hydrogen-bond acceptors (Lipinski definition) is 4. The smallest absolute Gasteiger partial charge is 0.279 e. The first-order valence-electron chi connectivity index (χ1n) is 8.80. The number of nitrogens with one attached hydrogen (secondary N) is 2. The molecular weight excluding hydrogens is 344 g/mol. The number of aryl methyl sites for hydroxylation is 3. The normalized spacial score (nSPS) is 11.4. The first kappa shape index (κ1) is 20.3. The summed E-state index contributed by atoms with van der Waals surface area (Å²) >= 11 is 0. The minimum absolute atomic E-state index is 0.198. The monoisotopic (exact) mass is 370 g/mol. The largest absolute Gasteiger partial charge is 0.483 e. The number of hydrazine groups is 1. The Labute approximate surface area is 159 Å². The maximum Gasteiger partial charge on any atom is 0.279 e. The van der Waals surface area contributed by atoms with Crippen molar-refractivity contribution in [3.8, 4) is 11.5 Å². The van der Waals surface area contributed by atoms with E-state index in [1.165, 1.54) is 0 Å². The predicted octanol–water partition coefficient (Wildman–Crippen LogP) is 2.91. The van der Waals surface area contributed by atoms with Gasteiger partial charge in [-0.1, -0.05) is 30.3 Å². The standard InChI is InChI=1S/C21H26N2O4/c1-13-8-7-11-18(16(13)4)26-12-19(24)22-23-21(25)17(5)27-20-14(2)9-6-10-15(20)3/h6-11,17H,12H2,1-5H3,(H,22,24)(H,23,25). The van der Waals surface area contributed by atoms with Gasteiger partial charge in [-0.2, -0.15) is 0 Å². The van der Waals surface area contributed by atoms with Crippen LogP contribution >= 0.6 is 0 Å². The van der Waals surface area contributed by atoms with Crippen LogP contribution in [-0.2, 0) is 9.59 Å². The fourth-order valence-corrected chi connectivity index (χ4v) is 2.51. The van der Waals surface area contributed by atoms with Gasteiger partial charge in [0.15, 0.2) is 12.7 Å². The van der Waals surface area contributed by atoms with Crippen LogP contribution in [0.2, 0.25) is 0 Å². The van der Waals surface area contributed by atoms with Crippen LogP contribution in [-0.4, -0.2) is 24.5 Å². The molecule has 0 aliphatic heterocycles. The summed E-state index contributed by atoms with van der Waals surface area (Å²) in [4.78, 5) is 24.1. The molecule has 1 unspecified atom stereocenters. The van der Waals surface area contributed by atoms with Crippen molar-refractivity contribution in [3.05, 3.63) is 58.7 Å². The first-order valence-corrected chi connectivity index (χ1v) is 8.80. The van der Waals surface area contributed by atoms with Gasteiger partial charge in [0.1, 0.15) is 11.5 Å². The van der Waals surface area contributed by atoms with Crippen LogP contribution in [0.5, 0.6) is 11.5 Å². The molecule has 0 aliphatic carbocycles. The van der Waals surface area contributed by atoms with E-state index >= 15 is 0 Å². The molecule has 0 fully saturated rings. The minimum atomic E-state index is -0.759. The Morgan fingerprint density at radius 1 is 0.926 bits per heavy atom. The van der Waals surface area contributed by atoms with Gasteiger partial charge >= 0.3 is 0 Å². The van der Waals surface area contributed by atoms with Crippen molar-refractivity contribution in [2.24, 2.45) is 0 Å². The van der Waals surface area contributed by atoms with Gasteiger partial charge in [-0.3, -0.25) is 20.4 Å². The zero-order chi connectivity index (χ0) is 20.0. The summed E-state index contributed by atoms with van der Waals surface area (Å²) < 4.78 is 11.2. The number of carbonyl (C=O) groups is 2. The van der Waals surface area contributed by atoms with Crippen LogP contribution in [0.15, 0.2) is 36.4 Å². The van der Waals surface area contributed by atoms with Crippen LogP contribution in [0.25, 0.3) is 0 Å². The van der Waals surface area contributed by atoms with Crippen LogP contribution in [0.4, 0.5) is 0 Å². The highest BCUT2D eigenvalue weighted by atomic mass is 16.5. The molecule has 144 valence electrons. The number of ether oxygens (including phenoxy) is 2. The second-order valence-corrected chi connectivity index (χ2v) is 6.51. The molecule has 0 spiro atoms. The highest BCUT2D eigenvalue weighted by Gasteiger charge is 2.17. The van der Waals surface area contributed by atoms with Crippen LogP contribution in [0, 0.1) is 27.7 Å². The second-order valence-electron chi connectivity index (χ2n) is 6.51. The summed E-state index contributed by atoms with van der Waals surface area (Å²) in [6.45, 7) is 9.16. The van der Waals surface area contributed by atoms with E-state index in [1.54, 1.807) is 13.0 Å². The summed E-state index contributed by atoms with van der Waals surface area (Å²) in [6.07, 6.45) is -0.759. The van der Waals surface area contributed by atoms with Gasteiger partial charge < -0.3 is 9.47 Å². The zero-order valence-electron chi connectivity index (χ0n) is 16.4. The average molecular weight is 370 g/mol. The number of rotatable bonds is 6. The Morgan fingerprint density at radius 2 is 1.52 bits per heavy atom. The maximum absolute atomic E-state index is 12.2. The van der Waals surface area contributed by atoms with E-state index in [1.807, 2.05) is 58.0 Å². The van der Waals surface area contributed by atoms with Crippen molar-refractivity contribution >= 4 is 11.8 Å². The fraction of sp³-hybridized carbons (Fsp3) is 0.333. The third kappa shape index (κ3) is 5.48. The molecule has 2 aromatic carbocycles. The van der Waals surface area contributed by atoms with Crippen molar-refractivity contribution < 1.29 is 19.1 Å². The molecule has 6 nitrogen and oxygen atoms in total. The molecule has 0 aliphatic rings. The Balaban J connectivity index is 1.82. The molecule has 2 aromatic rings. The molecule has 2 N–H and O–H groups in total. The van der Waals surface area contributed by atoms with Gasteiger partial charge in [-0.15, -0.1) is 0 Å². The number of amides is 2. The molecule has 0 aromatic heterocycles. The predicted molar refractivity (Wildman–Crippen MR) is 104 cm³/mol. The Hall–Kier alpha value is -3.02. The quantitative estimate of drug-likeness (QED) is 0.767. The van der Waals surface area contributed by atoms with Crippen LogP contribution in [0.3, 0.4) is 0 Å². The molecule has 1 atom stereocenters. The lowest BCUT2D eigenvalue weighted by molar-refractivity contribution is -0.133. The average Bonchev–Trinajstić information content (AvgIpc) is 2.63. The van der Waals surface area contributed by atoms with Crippen molar-refractivity contribution in [2.45, 2.75) is 40.7 Å². The number of carbonyl (C=O) groups excluding carboxylic acids is 2. The van der Waals surface area contributed by atoms with Gasteiger partial charge in [-0.05, 0) is 62.9 Å². The highest BCUT2D eigenvalue weighted by molar-refractivity contribution is 5.85. The summed E-state index contributed by atoms with van der Waals surface area (Å²) in [7, 11) is 0. The van der Waals surface area contributed by atoms with E-state index in [0.717, 1.165) is 22.3 Å². The van der Waals surface area contributed by atoms with E-state index < -0.39 is 17.9 Å². The van der Waals surface area contributed by atoms with E-state index in [-0.39, 0.29) is 6.61 Å².